The summed E-state index contributed by atoms with van der Waals surface area (Å²) in [5, 5.41) is 3.05. The highest BCUT2D eigenvalue weighted by Gasteiger charge is 2.28. The molecule has 0 bridgehead atoms. The van der Waals surface area contributed by atoms with Crippen LogP contribution in [0.1, 0.15) is 19.8 Å². The zero-order valence-corrected chi connectivity index (χ0v) is 13.1. The van der Waals surface area contributed by atoms with E-state index < -0.39 is 12.8 Å². The molecule has 9 heteroatoms. The van der Waals surface area contributed by atoms with Gasteiger partial charge in [0.25, 0.3) is 0 Å². The van der Waals surface area contributed by atoms with Crippen LogP contribution in [0.5, 0.6) is 5.75 Å². The van der Waals surface area contributed by atoms with E-state index in [0.717, 1.165) is 0 Å². The molecule has 126 valence electrons. The zero-order valence-electron chi connectivity index (χ0n) is 12.3. The van der Waals surface area contributed by atoms with Crippen molar-refractivity contribution in [3.05, 3.63) is 18.2 Å². The fourth-order valence-corrected chi connectivity index (χ4v) is 2.66. The lowest BCUT2D eigenvalue weighted by Crippen LogP contribution is -2.19. The molecule has 1 aromatic heterocycles. The first-order valence-corrected chi connectivity index (χ1v) is 7.70. The first kappa shape index (κ1) is 17.5. The molecule has 1 aromatic carbocycles. The number of benzene rings is 1. The lowest BCUT2D eigenvalue weighted by molar-refractivity contribution is -0.153. The highest BCUT2D eigenvalue weighted by atomic mass is 32.1. The predicted octanol–water partition coefficient (Wildman–Crippen LogP) is 3.30. The molecule has 0 saturated carbocycles. The van der Waals surface area contributed by atoms with Crippen molar-refractivity contribution in [1.29, 1.82) is 0 Å². The Labute approximate surface area is 134 Å². The van der Waals surface area contributed by atoms with Crippen LogP contribution in [0.2, 0.25) is 0 Å². The number of carbonyl (C=O) groups is 1. The maximum atomic E-state index is 12.1. The molecule has 1 amide bonds. The van der Waals surface area contributed by atoms with Crippen LogP contribution in [0.25, 0.3) is 10.2 Å². The molecular weight excluding hydrogens is 331 g/mol. The molecule has 0 saturated heterocycles. The number of carbonyl (C=O) groups excluding carboxylic acids is 1. The second-order valence-electron chi connectivity index (χ2n) is 5.12. The molecule has 0 spiro atoms. The highest BCUT2D eigenvalue weighted by Crippen LogP contribution is 2.30. The summed E-state index contributed by atoms with van der Waals surface area (Å²) in [7, 11) is 0. The minimum atomic E-state index is -4.39. The number of nitrogens with zero attached hydrogens (tertiary/aromatic N) is 1. The average Bonchev–Trinajstić information content (AvgIpc) is 2.83. The zero-order chi connectivity index (χ0) is 17.0. The standard InChI is InChI=1S/C14H16F3N3O2S/c1-8(18)2-5-12(21)20-13-19-10-4-3-9(6-11(10)23-13)22-7-14(15,16)17/h3-4,6,8H,2,5,7,18H2,1H3,(H,19,20,21). The minimum Gasteiger partial charge on any atom is -0.484 e. The predicted molar refractivity (Wildman–Crippen MR) is 82.7 cm³/mol. The summed E-state index contributed by atoms with van der Waals surface area (Å²) >= 11 is 1.17. The van der Waals surface area contributed by atoms with Crippen molar-refractivity contribution in [3.8, 4) is 5.75 Å². The van der Waals surface area contributed by atoms with E-state index in [1.807, 2.05) is 6.92 Å². The van der Waals surface area contributed by atoms with Crippen molar-refractivity contribution in [3.63, 3.8) is 0 Å². The average molecular weight is 347 g/mol. The molecule has 0 aliphatic carbocycles. The van der Waals surface area contributed by atoms with Gasteiger partial charge in [0.2, 0.25) is 5.91 Å². The Bertz CT molecular complexity index is 685. The van der Waals surface area contributed by atoms with Crippen LogP contribution < -0.4 is 15.8 Å². The van der Waals surface area contributed by atoms with E-state index in [-0.39, 0.29) is 24.1 Å². The summed E-state index contributed by atoms with van der Waals surface area (Å²) in [5.74, 6) is -0.0943. The van der Waals surface area contributed by atoms with Gasteiger partial charge in [-0.15, -0.1) is 0 Å². The number of rotatable bonds is 6. The topological polar surface area (TPSA) is 77.2 Å². The Morgan fingerprint density at radius 2 is 2.22 bits per heavy atom. The molecule has 0 aliphatic heterocycles. The molecule has 2 rings (SSSR count). The SMILES string of the molecule is CC(N)CCC(=O)Nc1nc2ccc(OCC(F)(F)F)cc2s1. The number of alkyl halides is 3. The van der Waals surface area contributed by atoms with Gasteiger partial charge in [-0.2, -0.15) is 13.2 Å². The van der Waals surface area contributed by atoms with E-state index in [2.05, 4.69) is 15.0 Å². The Kier molecular flexibility index (Phi) is 5.42. The summed E-state index contributed by atoms with van der Waals surface area (Å²) in [6, 6.07) is 4.37. The number of nitrogens with one attached hydrogen (secondary N) is 1. The summed E-state index contributed by atoms with van der Waals surface area (Å²) in [6.07, 6.45) is -3.54. The Hall–Kier alpha value is -1.87. The van der Waals surface area contributed by atoms with Crippen molar-refractivity contribution in [2.24, 2.45) is 5.73 Å². The maximum absolute atomic E-state index is 12.1. The number of hydrogen-bond donors (Lipinski definition) is 2. The Morgan fingerprint density at radius 1 is 1.48 bits per heavy atom. The fraction of sp³-hybridized carbons (Fsp3) is 0.429. The molecule has 23 heavy (non-hydrogen) atoms. The normalized spacial score (nSPS) is 13.1. The number of nitrogens with two attached hydrogens (primary N) is 1. The third-order valence-corrected chi connectivity index (χ3v) is 3.77. The largest absolute Gasteiger partial charge is 0.484 e. The molecule has 2 aromatic rings. The van der Waals surface area contributed by atoms with E-state index in [9.17, 15) is 18.0 Å². The maximum Gasteiger partial charge on any atom is 0.422 e. The van der Waals surface area contributed by atoms with Crippen molar-refractivity contribution in [2.45, 2.75) is 32.0 Å². The fourth-order valence-electron chi connectivity index (χ4n) is 1.75. The number of amides is 1. The van der Waals surface area contributed by atoms with Crippen molar-refractivity contribution >= 4 is 32.6 Å². The summed E-state index contributed by atoms with van der Waals surface area (Å²) in [6.45, 7) is 0.464. The molecule has 0 aliphatic rings. The second kappa shape index (κ2) is 7.14. The van der Waals surface area contributed by atoms with Gasteiger partial charge in [0.1, 0.15) is 5.75 Å². The van der Waals surface area contributed by atoms with Gasteiger partial charge in [-0.05, 0) is 31.5 Å². The number of anilines is 1. The van der Waals surface area contributed by atoms with E-state index in [1.54, 1.807) is 6.07 Å². The van der Waals surface area contributed by atoms with Gasteiger partial charge in [0, 0.05) is 12.5 Å². The Balaban J connectivity index is 2.02. The summed E-state index contributed by atoms with van der Waals surface area (Å²) in [5.41, 5.74) is 6.16. The van der Waals surface area contributed by atoms with Crippen LogP contribution in [0.4, 0.5) is 18.3 Å². The number of halogens is 3. The number of thiazole rings is 1. The number of hydrogen-bond acceptors (Lipinski definition) is 5. The highest BCUT2D eigenvalue weighted by molar-refractivity contribution is 7.22. The summed E-state index contributed by atoms with van der Waals surface area (Å²) in [4.78, 5) is 15.9. The number of aromatic nitrogens is 1. The van der Waals surface area contributed by atoms with Crippen molar-refractivity contribution in [1.82, 2.24) is 4.98 Å². The van der Waals surface area contributed by atoms with Gasteiger partial charge in [-0.1, -0.05) is 11.3 Å². The lowest BCUT2D eigenvalue weighted by atomic mass is 10.2. The molecule has 1 unspecified atom stereocenters. The lowest BCUT2D eigenvalue weighted by Gasteiger charge is -2.08. The van der Waals surface area contributed by atoms with Gasteiger partial charge in [0.05, 0.1) is 10.2 Å². The molecule has 1 heterocycles. The van der Waals surface area contributed by atoms with Gasteiger partial charge in [0.15, 0.2) is 11.7 Å². The van der Waals surface area contributed by atoms with Crippen LogP contribution in [-0.4, -0.2) is 29.7 Å². The molecule has 0 fully saturated rings. The molecule has 0 radical (unpaired) electrons. The molecule has 3 N–H and O–H groups in total. The van der Waals surface area contributed by atoms with Crippen LogP contribution in [0, 0.1) is 0 Å². The van der Waals surface area contributed by atoms with Gasteiger partial charge in [-0.3, -0.25) is 4.79 Å². The number of fused-ring (bicyclic) bond motifs is 1. The van der Waals surface area contributed by atoms with Crippen molar-refractivity contribution < 1.29 is 22.7 Å². The van der Waals surface area contributed by atoms with E-state index in [1.165, 1.54) is 23.5 Å². The third-order valence-electron chi connectivity index (χ3n) is 2.84. The van der Waals surface area contributed by atoms with E-state index >= 15 is 0 Å². The van der Waals surface area contributed by atoms with E-state index in [4.69, 9.17) is 5.73 Å². The third kappa shape index (κ3) is 5.68. The first-order valence-electron chi connectivity index (χ1n) is 6.88. The monoisotopic (exact) mass is 347 g/mol. The van der Waals surface area contributed by atoms with E-state index in [0.29, 0.717) is 21.8 Å². The van der Waals surface area contributed by atoms with Crippen molar-refractivity contribution in [2.75, 3.05) is 11.9 Å². The van der Waals surface area contributed by atoms with Crippen LogP contribution >= 0.6 is 11.3 Å². The summed E-state index contributed by atoms with van der Waals surface area (Å²) < 4.78 is 41.7. The van der Waals surface area contributed by atoms with Crippen LogP contribution in [0.15, 0.2) is 18.2 Å². The number of ether oxygens (including phenoxy) is 1. The van der Waals surface area contributed by atoms with Gasteiger partial charge < -0.3 is 15.8 Å². The molecular formula is C14H16F3N3O2S. The first-order chi connectivity index (χ1) is 10.7. The van der Waals surface area contributed by atoms with Gasteiger partial charge >= 0.3 is 6.18 Å². The Morgan fingerprint density at radius 3 is 2.87 bits per heavy atom. The second-order valence-corrected chi connectivity index (χ2v) is 6.15. The molecule has 1 atom stereocenters. The molecule has 5 nitrogen and oxygen atoms in total. The minimum absolute atomic E-state index is 0.0653. The van der Waals surface area contributed by atoms with Crippen LogP contribution in [0.3, 0.4) is 0 Å². The van der Waals surface area contributed by atoms with Crippen LogP contribution in [-0.2, 0) is 4.79 Å². The quantitative estimate of drug-likeness (QED) is 0.840. The smallest absolute Gasteiger partial charge is 0.422 e. The van der Waals surface area contributed by atoms with Gasteiger partial charge in [-0.25, -0.2) is 4.98 Å².